The van der Waals surface area contributed by atoms with Crippen LogP contribution in [0, 0.1) is 0 Å². The Hall–Kier alpha value is -2.37. The van der Waals surface area contributed by atoms with Gasteiger partial charge in [0.25, 0.3) is 5.91 Å². The minimum atomic E-state index is -0.769. The summed E-state index contributed by atoms with van der Waals surface area (Å²) in [6.45, 7) is 0. The Morgan fingerprint density at radius 1 is 1.47 bits per heavy atom. The fraction of sp³-hybridized carbons (Fsp3) is 0. The fourth-order valence-corrected chi connectivity index (χ4v) is 1.23. The molecule has 6 heteroatoms. The van der Waals surface area contributed by atoms with Gasteiger partial charge >= 0.3 is 0 Å². The number of aromatic hydroxyl groups is 1. The Balaban J connectivity index is 2.59. The number of carbonyl (C=O) groups is 1. The highest BCUT2D eigenvalue weighted by molar-refractivity contribution is 5.94. The van der Waals surface area contributed by atoms with Gasteiger partial charge in [0.15, 0.2) is 11.4 Å². The Labute approximate surface area is 85.0 Å². The maximum atomic E-state index is 10.9. The van der Waals surface area contributed by atoms with E-state index in [1.54, 1.807) is 23.0 Å². The molecule has 0 fully saturated rings. The first-order valence-electron chi connectivity index (χ1n) is 4.16. The van der Waals surface area contributed by atoms with Crippen LogP contribution in [0.3, 0.4) is 0 Å². The van der Waals surface area contributed by atoms with E-state index in [2.05, 4.69) is 9.97 Å². The van der Waals surface area contributed by atoms with Crippen LogP contribution in [0.1, 0.15) is 10.5 Å². The Morgan fingerprint density at radius 2 is 2.27 bits per heavy atom. The zero-order valence-electron chi connectivity index (χ0n) is 7.66. The van der Waals surface area contributed by atoms with E-state index in [9.17, 15) is 9.90 Å². The lowest BCUT2D eigenvalue weighted by Crippen LogP contribution is -2.14. The van der Waals surface area contributed by atoms with Crippen LogP contribution in [-0.4, -0.2) is 25.5 Å². The van der Waals surface area contributed by atoms with Crippen molar-refractivity contribution in [2.45, 2.75) is 0 Å². The molecule has 0 aliphatic heterocycles. The number of carbonyl (C=O) groups excluding carboxylic acids is 1. The second-order valence-electron chi connectivity index (χ2n) is 2.86. The standard InChI is InChI=1S/C9H8N4O2/c10-9(15)7-8(14)6(1-2-12-7)13-4-3-11-5-13/h1-5,14H,(H2,10,15). The first kappa shape index (κ1) is 9.20. The minimum Gasteiger partial charge on any atom is -0.504 e. The number of pyridine rings is 1. The Morgan fingerprint density at radius 3 is 2.87 bits per heavy atom. The van der Waals surface area contributed by atoms with E-state index in [1.165, 1.54) is 12.5 Å². The van der Waals surface area contributed by atoms with E-state index in [-0.39, 0.29) is 11.4 Å². The highest BCUT2D eigenvalue weighted by Gasteiger charge is 2.13. The molecule has 0 atom stereocenters. The first-order chi connectivity index (χ1) is 7.20. The van der Waals surface area contributed by atoms with Gasteiger partial charge in [0.05, 0.1) is 12.0 Å². The maximum absolute atomic E-state index is 10.9. The maximum Gasteiger partial charge on any atom is 0.271 e. The van der Waals surface area contributed by atoms with Gasteiger partial charge in [-0.2, -0.15) is 0 Å². The van der Waals surface area contributed by atoms with Crippen LogP contribution in [0.2, 0.25) is 0 Å². The molecule has 15 heavy (non-hydrogen) atoms. The summed E-state index contributed by atoms with van der Waals surface area (Å²) < 4.78 is 1.56. The van der Waals surface area contributed by atoms with Crippen LogP contribution in [0.5, 0.6) is 5.75 Å². The Kier molecular flexibility index (Phi) is 2.09. The molecule has 0 bridgehead atoms. The summed E-state index contributed by atoms with van der Waals surface area (Å²) in [5.41, 5.74) is 5.31. The molecule has 2 rings (SSSR count). The topological polar surface area (TPSA) is 94.0 Å². The molecule has 0 saturated carbocycles. The van der Waals surface area contributed by atoms with Gasteiger partial charge in [-0.05, 0) is 6.07 Å². The van der Waals surface area contributed by atoms with E-state index in [0.29, 0.717) is 5.69 Å². The molecule has 0 aliphatic rings. The smallest absolute Gasteiger partial charge is 0.271 e. The van der Waals surface area contributed by atoms with E-state index < -0.39 is 5.91 Å². The molecule has 76 valence electrons. The van der Waals surface area contributed by atoms with Crippen LogP contribution in [0.15, 0.2) is 31.0 Å². The molecule has 0 aromatic carbocycles. The quantitative estimate of drug-likeness (QED) is 0.723. The van der Waals surface area contributed by atoms with Gasteiger partial charge in [-0.1, -0.05) is 0 Å². The number of amides is 1. The molecular formula is C9H8N4O2. The monoisotopic (exact) mass is 204 g/mol. The van der Waals surface area contributed by atoms with E-state index in [1.807, 2.05) is 0 Å². The van der Waals surface area contributed by atoms with Gasteiger partial charge < -0.3 is 15.4 Å². The van der Waals surface area contributed by atoms with Gasteiger partial charge in [-0.15, -0.1) is 0 Å². The molecule has 0 radical (unpaired) electrons. The SMILES string of the molecule is NC(=O)c1nccc(-n2ccnc2)c1O. The molecule has 0 spiro atoms. The van der Waals surface area contributed by atoms with Gasteiger partial charge in [-0.25, -0.2) is 9.97 Å². The molecule has 0 saturated heterocycles. The first-order valence-corrected chi connectivity index (χ1v) is 4.16. The van der Waals surface area contributed by atoms with Crippen LogP contribution in [0.25, 0.3) is 5.69 Å². The highest BCUT2D eigenvalue weighted by atomic mass is 16.3. The lowest BCUT2D eigenvalue weighted by molar-refractivity contribution is 0.0992. The van der Waals surface area contributed by atoms with Crippen molar-refractivity contribution in [3.8, 4) is 11.4 Å². The van der Waals surface area contributed by atoms with E-state index >= 15 is 0 Å². The average molecular weight is 204 g/mol. The third-order valence-corrected chi connectivity index (χ3v) is 1.92. The van der Waals surface area contributed by atoms with E-state index in [4.69, 9.17) is 5.73 Å². The normalized spacial score (nSPS) is 10.1. The third-order valence-electron chi connectivity index (χ3n) is 1.92. The second kappa shape index (κ2) is 3.41. The lowest BCUT2D eigenvalue weighted by atomic mass is 10.2. The molecule has 0 unspecified atom stereocenters. The molecule has 6 nitrogen and oxygen atoms in total. The van der Waals surface area contributed by atoms with Crippen LogP contribution < -0.4 is 5.73 Å². The summed E-state index contributed by atoms with van der Waals surface area (Å²) in [6, 6.07) is 1.56. The van der Waals surface area contributed by atoms with Crippen molar-refractivity contribution in [2.24, 2.45) is 5.73 Å². The highest BCUT2D eigenvalue weighted by Crippen LogP contribution is 2.23. The number of aromatic nitrogens is 3. The number of nitrogens with zero attached hydrogens (tertiary/aromatic N) is 3. The van der Waals surface area contributed by atoms with Gasteiger partial charge in [-0.3, -0.25) is 4.79 Å². The summed E-state index contributed by atoms with van der Waals surface area (Å²) in [5.74, 6) is -1.02. The molecule has 1 amide bonds. The summed E-state index contributed by atoms with van der Waals surface area (Å²) in [5, 5.41) is 9.72. The number of imidazole rings is 1. The molecule has 0 aliphatic carbocycles. The predicted molar refractivity (Wildman–Crippen MR) is 51.5 cm³/mol. The van der Waals surface area contributed by atoms with Crippen molar-refractivity contribution < 1.29 is 9.90 Å². The third kappa shape index (κ3) is 1.52. The van der Waals surface area contributed by atoms with Gasteiger partial charge in [0, 0.05) is 18.6 Å². The van der Waals surface area contributed by atoms with Crippen molar-refractivity contribution >= 4 is 5.91 Å². The number of nitrogens with two attached hydrogens (primary N) is 1. The van der Waals surface area contributed by atoms with Crippen molar-refractivity contribution in [3.63, 3.8) is 0 Å². The minimum absolute atomic E-state index is 0.152. The zero-order chi connectivity index (χ0) is 10.8. The molecule has 2 heterocycles. The van der Waals surface area contributed by atoms with Crippen LogP contribution in [-0.2, 0) is 0 Å². The summed E-state index contributed by atoms with van der Waals surface area (Å²) in [4.78, 5) is 18.4. The van der Waals surface area contributed by atoms with Gasteiger partial charge in [0.1, 0.15) is 0 Å². The van der Waals surface area contributed by atoms with Crippen LogP contribution in [0.4, 0.5) is 0 Å². The number of hydrogen-bond acceptors (Lipinski definition) is 4. The molecule has 3 N–H and O–H groups in total. The van der Waals surface area contributed by atoms with Gasteiger partial charge in [0.2, 0.25) is 0 Å². The summed E-state index contributed by atoms with van der Waals surface area (Å²) >= 11 is 0. The largest absolute Gasteiger partial charge is 0.504 e. The second-order valence-corrected chi connectivity index (χ2v) is 2.86. The van der Waals surface area contributed by atoms with Crippen molar-refractivity contribution in [1.82, 2.24) is 14.5 Å². The van der Waals surface area contributed by atoms with Crippen LogP contribution >= 0.6 is 0 Å². The molecule has 2 aromatic heterocycles. The lowest BCUT2D eigenvalue weighted by Gasteiger charge is -2.06. The number of primary amides is 1. The summed E-state index contributed by atoms with van der Waals surface area (Å²) in [6.07, 6.45) is 6.10. The fourth-order valence-electron chi connectivity index (χ4n) is 1.23. The Bertz CT molecular complexity index is 493. The van der Waals surface area contributed by atoms with Crippen molar-refractivity contribution in [3.05, 3.63) is 36.7 Å². The zero-order valence-corrected chi connectivity index (χ0v) is 7.66. The molecular weight excluding hydrogens is 196 g/mol. The van der Waals surface area contributed by atoms with Crippen molar-refractivity contribution in [1.29, 1.82) is 0 Å². The van der Waals surface area contributed by atoms with E-state index in [0.717, 1.165) is 0 Å². The van der Waals surface area contributed by atoms with Crippen molar-refractivity contribution in [2.75, 3.05) is 0 Å². The molecule has 2 aromatic rings. The predicted octanol–water partition coefficient (Wildman–Crippen LogP) is 0.0718. The number of rotatable bonds is 2. The number of hydrogen-bond donors (Lipinski definition) is 2. The summed E-state index contributed by atoms with van der Waals surface area (Å²) in [7, 11) is 0. The average Bonchev–Trinajstić information content (AvgIpc) is 2.70.